The molecule has 0 saturated carbocycles. The van der Waals surface area contributed by atoms with Crippen molar-refractivity contribution in [1.82, 2.24) is 19.3 Å². The molecule has 0 bridgehead atoms. The summed E-state index contributed by atoms with van der Waals surface area (Å²) in [5, 5.41) is 1.16. The predicted octanol–water partition coefficient (Wildman–Crippen LogP) is 6.11. The monoisotopic (exact) mass is 598 g/mol. The van der Waals surface area contributed by atoms with Crippen molar-refractivity contribution in [2.45, 2.75) is 19.0 Å². The number of morpholine rings is 1. The van der Waals surface area contributed by atoms with E-state index in [2.05, 4.69) is 135 Å². The summed E-state index contributed by atoms with van der Waals surface area (Å²) < 4.78 is 7.96. The van der Waals surface area contributed by atoms with Gasteiger partial charge in [0.1, 0.15) is 5.69 Å². The molecule has 7 rings (SSSR count). The third kappa shape index (κ3) is 6.45. The second-order valence-electron chi connectivity index (χ2n) is 12.2. The summed E-state index contributed by atoms with van der Waals surface area (Å²) in [6.45, 7) is 9.11. The summed E-state index contributed by atoms with van der Waals surface area (Å²) in [4.78, 5) is 22.0. The minimum atomic E-state index is -0.0692. The highest BCUT2D eigenvalue weighted by Crippen LogP contribution is 2.40. The maximum absolute atomic E-state index is 14.9. The van der Waals surface area contributed by atoms with Gasteiger partial charge in [-0.15, -0.1) is 0 Å². The lowest BCUT2D eigenvalue weighted by Crippen LogP contribution is -2.49. The summed E-state index contributed by atoms with van der Waals surface area (Å²) in [6, 6.07) is 40.6. The fourth-order valence-corrected chi connectivity index (χ4v) is 7.07. The fourth-order valence-electron chi connectivity index (χ4n) is 7.07. The molecule has 0 aliphatic carbocycles. The van der Waals surface area contributed by atoms with E-state index < -0.39 is 0 Å². The summed E-state index contributed by atoms with van der Waals surface area (Å²) in [6.07, 6.45) is 0. The van der Waals surface area contributed by atoms with E-state index in [0.717, 1.165) is 94.3 Å². The Morgan fingerprint density at radius 3 is 1.84 bits per heavy atom. The van der Waals surface area contributed by atoms with Crippen LogP contribution < -0.4 is 0 Å². The highest BCUT2D eigenvalue weighted by Gasteiger charge is 2.33. The number of hydrogen-bond donors (Lipinski definition) is 0. The minimum Gasteiger partial charge on any atom is -0.379 e. The lowest BCUT2D eigenvalue weighted by atomic mass is 9.83. The van der Waals surface area contributed by atoms with Crippen molar-refractivity contribution in [1.29, 1.82) is 0 Å². The molecule has 45 heavy (non-hydrogen) atoms. The average molecular weight is 599 g/mol. The Balaban J connectivity index is 1.30. The van der Waals surface area contributed by atoms with Gasteiger partial charge in [0.25, 0.3) is 5.91 Å². The van der Waals surface area contributed by atoms with Crippen LogP contribution in [-0.4, -0.2) is 84.2 Å². The lowest BCUT2D eigenvalue weighted by molar-refractivity contribution is 0.0362. The van der Waals surface area contributed by atoms with E-state index >= 15 is 0 Å². The Morgan fingerprint density at radius 2 is 1.20 bits per heavy atom. The molecule has 2 aliphatic rings. The summed E-state index contributed by atoms with van der Waals surface area (Å²) >= 11 is 0. The summed E-state index contributed by atoms with van der Waals surface area (Å²) in [5.74, 6) is 0.0691. The third-order valence-electron chi connectivity index (χ3n) is 9.42. The Kier molecular flexibility index (Phi) is 9.05. The first-order valence-corrected chi connectivity index (χ1v) is 16.3. The number of carbonyl (C=O) groups is 1. The molecule has 1 amide bonds. The van der Waals surface area contributed by atoms with Gasteiger partial charge in [0.15, 0.2) is 0 Å². The highest BCUT2D eigenvalue weighted by atomic mass is 16.5. The number of nitrogens with zero attached hydrogens (tertiary/aromatic N) is 4. The maximum atomic E-state index is 14.9. The third-order valence-corrected chi connectivity index (χ3v) is 9.42. The first kappa shape index (κ1) is 29.5. The van der Waals surface area contributed by atoms with Gasteiger partial charge in [-0.05, 0) is 22.8 Å². The van der Waals surface area contributed by atoms with E-state index in [0.29, 0.717) is 0 Å². The number of aromatic nitrogens is 1. The quantitative estimate of drug-likeness (QED) is 0.205. The zero-order valence-electron chi connectivity index (χ0n) is 25.9. The maximum Gasteiger partial charge on any atom is 0.270 e. The van der Waals surface area contributed by atoms with Crippen molar-refractivity contribution < 1.29 is 9.53 Å². The van der Waals surface area contributed by atoms with Gasteiger partial charge in [0, 0.05) is 81.3 Å². The molecule has 4 aromatic carbocycles. The molecule has 5 aromatic rings. The van der Waals surface area contributed by atoms with E-state index in [1.807, 2.05) is 0 Å². The molecule has 2 saturated heterocycles. The molecule has 6 nitrogen and oxygen atoms in total. The minimum absolute atomic E-state index is 0.0692. The molecule has 1 aromatic heterocycles. The average Bonchev–Trinajstić information content (AvgIpc) is 3.43. The Labute approximate surface area is 266 Å². The summed E-state index contributed by atoms with van der Waals surface area (Å²) in [5.41, 5.74) is 6.78. The summed E-state index contributed by atoms with van der Waals surface area (Å²) in [7, 11) is 0. The standard InChI is InChI=1S/C39H42N4O2/c44-39(42-23-20-41(21-24-42)30-31-12-4-1-5-13-31)38-37(36(32-14-6-2-7-15-32)33-16-8-3-9-17-33)34-18-10-11-19-35(34)43(38)25-22-40-26-28-45-29-27-40/h1-19,36H,20-30H2. The number of carbonyl (C=O) groups excluding carboxylic acids is 1. The van der Waals surface area contributed by atoms with Crippen LogP contribution in [0.1, 0.15) is 38.7 Å². The number of para-hydroxylation sites is 1. The largest absolute Gasteiger partial charge is 0.379 e. The molecule has 0 N–H and O–H groups in total. The lowest BCUT2D eigenvalue weighted by Gasteiger charge is -2.35. The van der Waals surface area contributed by atoms with Crippen molar-refractivity contribution >= 4 is 16.8 Å². The molecule has 230 valence electrons. The van der Waals surface area contributed by atoms with Gasteiger partial charge in [-0.1, -0.05) is 109 Å². The van der Waals surface area contributed by atoms with Gasteiger partial charge in [-0.25, -0.2) is 0 Å². The Bertz CT molecular complexity index is 1650. The Morgan fingerprint density at radius 1 is 0.622 bits per heavy atom. The van der Waals surface area contributed by atoms with Gasteiger partial charge in [-0.3, -0.25) is 14.6 Å². The zero-order valence-corrected chi connectivity index (χ0v) is 25.9. The van der Waals surface area contributed by atoms with Gasteiger partial charge >= 0.3 is 0 Å². The molecule has 2 fully saturated rings. The van der Waals surface area contributed by atoms with Crippen LogP contribution in [-0.2, 0) is 17.8 Å². The van der Waals surface area contributed by atoms with Crippen molar-refractivity contribution in [3.05, 3.63) is 143 Å². The molecule has 0 atom stereocenters. The van der Waals surface area contributed by atoms with Gasteiger partial charge in [0.2, 0.25) is 0 Å². The van der Waals surface area contributed by atoms with E-state index in [4.69, 9.17) is 4.74 Å². The molecule has 6 heteroatoms. The van der Waals surface area contributed by atoms with E-state index in [1.165, 1.54) is 16.7 Å². The van der Waals surface area contributed by atoms with Crippen LogP contribution in [0.4, 0.5) is 0 Å². The Hall–Kier alpha value is -4.23. The van der Waals surface area contributed by atoms with E-state index in [-0.39, 0.29) is 11.8 Å². The van der Waals surface area contributed by atoms with E-state index in [9.17, 15) is 4.79 Å². The predicted molar refractivity (Wildman–Crippen MR) is 181 cm³/mol. The van der Waals surface area contributed by atoms with Crippen LogP contribution >= 0.6 is 0 Å². The SMILES string of the molecule is O=C(c1c(C(c2ccccc2)c2ccccc2)c2ccccc2n1CCN1CCOCC1)N1CCN(Cc2ccccc2)CC1. The molecule has 0 unspecified atom stereocenters. The van der Waals surface area contributed by atoms with Crippen LogP contribution in [0.25, 0.3) is 10.9 Å². The van der Waals surface area contributed by atoms with Crippen LogP contribution in [0, 0.1) is 0 Å². The number of fused-ring (bicyclic) bond motifs is 1. The fraction of sp³-hybridized carbons (Fsp3) is 0.308. The topological polar surface area (TPSA) is 41.0 Å². The normalized spacial score (nSPS) is 16.4. The number of piperazine rings is 1. The second-order valence-corrected chi connectivity index (χ2v) is 12.2. The highest BCUT2D eigenvalue weighted by molar-refractivity contribution is 6.03. The second kappa shape index (κ2) is 13.8. The van der Waals surface area contributed by atoms with Crippen LogP contribution in [0.2, 0.25) is 0 Å². The van der Waals surface area contributed by atoms with E-state index in [1.54, 1.807) is 0 Å². The van der Waals surface area contributed by atoms with Crippen LogP contribution in [0.3, 0.4) is 0 Å². The number of hydrogen-bond acceptors (Lipinski definition) is 4. The zero-order chi connectivity index (χ0) is 30.4. The smallest absolute Gasteiger partial charge is 0.270 e. The first-order chi connectivity index (χ1) is 22.3. The van der Waals surface area contributed by atoms with Gasteiger partial charge < -0.3 is 14.2 Å². The van der Waals surface area contributed by atoms with Crippen molar-refractivity contribution in [2.75, 3.05) is 59.0 Å². The van der Waals surface area contributed by atoms with Gasteiger partial charge in [-0.2, -0.15) is 0 Å². The van der Waals surface area contributed by atoms with Crippen molar-refractivity contribution in [3.63, 3.8) is 0 Å². The number of amides is 1. The molecule has 2 aliphatic heterocycles. The molecular formula is C39H42N4O2. The molecular weight excluding hydrogens is 556 g/mol. The van der Waals surface area contributed by atoms with Crippen LogP contribution in [0.15, 0.2) is 115 Å². The van der Waals surface area contributed by atoms with Gasteiger partial charge in [0.05, 0.1) is 13.2 Å². The van der Waals surface area contributed by atoms with Crippen molar-refractivity contribution in [2.24, 2.45) is 0 Å². The van der Waals surface area contributed by atoms with Crippen LogP contribution in [0.5, 0.6) is 0 Å². The molecule has 0 radical (unpaired) electrons. The number of rotatable bonds is 9. The van der Waals surface area contributed by atoms with Crippen molar-refractivity contribution in [3.8, 4) is 0 Å². The first-order valence-electron chi connectivity index (χ1n) is 16.3. The number of ether oxygens (including phenoxy) is 1. The number of benzene rings is 4. The molecule has 3 heterocycles. The molecule has 0 spiro atoms.